The monoisotopic (exact) mass is 283 g/mol. The molecule has 1 heterocycles. The first-order valence-corrected chi connectivity index (χ1v) is 7.70. The van der Waals surface area contributed by atoms with Gasteiger partial charge in [0.05, 0.1) is 0 Å². The van der Waals surface area contributed by atoms with Crippen molar-refractivity contribution in [3.8, 4) is 0 Å². The van der Waals surface area contributed by atoms with Crippen LogP contribution in [0.4, 0.5) is 5.82 Å². The Balaban J connectivity index is 2.07. The van der Waals surface area contributed by atoms with Gasteiger partial charge in [-0.3, -0.25) is 0 Å². The van der Waals surface area contributed by atoms with Gasteiger partial charge >= 0.3 is 0 Å². The standard InChI is InChI=1S/C18H25N3/c1-3-11-20-17(15-7-5-4-6-8-15)10-9-16-12-14(2)13-21-18(16)19/h4-8,12-13,17,20H,3,9-11H2,1-2H3,(H2,19,21). The summed E-state index contributed by atoms with van der Waals surface area (Å²) < 4.78 is 0. The van der Waals surface area contributed by atoms with Gasteiger partial charge in [0.2, 0.25) is 0 Å². The maximum absolute atomic E-state index is 5.98. The van der Waals surface area contributed by atoms with Gasteiger partial charge in [0.25, 0.3) is 0 Å². The molecule has 3 heteroatoms. The fourth-order valence-corrected chi connectivity index (χ4v) is 2.53. The number of nitrogens with zero attached hydrogens (tertiary/aromatic N) is 1. The van der Waals surface area contributed by atoms with E-state index >= 15 is 0 Å². The Labute approximate surface area is 127 Å². The molecule has 0 aliphatic heterocycles. The van der Waals surface area contributed by atoms with Crippen LogP contribution in [-0.4, -0.2) is 11.5 Å². The van der Waals surface area contributed by atoms with Crippen LogP contribution in [0.5, 0.6) is 0 Å². The molecule has 21 heavy (non-hydrogen) atoms. The number of hydrogen-bond acceptors (Lipinski definition) is 3. The molecular formula is C18H25N3. The summed E-state index contributed by atoms with van der Waals surface area (Å²) in [5.41, 5.74) is 9.63. The first-order chi connectivity index (χ1) is 10.2. The summed E-state index contributed by atoms with van der Waals surface area (Å²) in [5, 5.41) is 3.63. The zero-order valence-electron chi connectivity index (χ0n) is 13.0. The number of aryl methyl sites for hydroxylation is 2. The Morgan fingerprint density at radius 2 is 2.00 bits per heavy atom. The first kappa shape index (κ1) is 15.5. The maximum atomic E-state index is 5.98. The molecule has 1 atom stereocenters. The van der Waals surface area contributed by atoms with Crippen molar-refractivity contribution >= 4 is 5.82 Å². The van der Waals surface area contributed by atoms with E-state index in [1.807, 2.05) is 6.20 Å². The molecule has 0 aliphatic carbocycles. The van der Waals surface area contributed by atoms with E-state index in [0.717, 1.165) is 36.9 Å². The zero-order chi connectivity index (χ0) is 15.1. The van der Waals surface area contributed by atoms with Crippen molar-refractivity contribution in [1.82, 2.24) is 10.3 Å². The second-order valence-electron chi connectivity index (χ2n) is 5.51. The quantitative estimate of drug-likeness (QED) is 0.815. The van der Waals surface area contributed by atoms with Crippen LogP contribution < -0.4 is 11.1 Å². The molecule has 3 N–H and O–H groups in total. The fourth-order valence-electron chi connectivity index (χ4n) is 2.53. The van der Waals surface area contributed by atoms with Crippen molar-refractivity contribution in [1.29, 1.82) is 0 Å². The Morgan fingerprint density at radius 3 is 2.71 bits per heavy atom. The lowest BCUT2D eigenvalue weighted by Crippen LogP contribution is -2.22. The molecule has 0 amide bonds. The van der Waals surface area contributed by atoms with Gasteiger partial charge in [-0.1, -0.05) is 43.3 Å². The summed E-state index contributed by atoms with van der Waals surface area (Å²) in [6, 6.07) is 13.1. The van der Waals surface area contributed by atoms with Crippen molar-refractivity contribution < 1.29 is 0 Å². The Kier molecular flexibility index (Phi) is 5.76. The number of nitrogen functional groups attached to an aromatic ring is 1. The van der Waals surface area contributed by atoms with Gasteiger partial charge in [-0.15, -0.1) is 0 Å². The average Bonchev–Trinajstić information content (AvgIpc) is 2.51. The van der Waals surface area contributed by atoms with Crippen LogP contribution in [0.15, 0.2) is 42.6 Å². The summed E-state index contributed by atoms with van der Waals surface area (Å²) in [6.07, 6.45) is 4.93. The largest absolute Gasteiger partial charge is 0.383 e. The second-order valence-corrected chi connectivity index (χ2v) is 5.51. The molecule has 0 radical (unpaired) electrons. The number of aromatic nitrogens is 1. The van der Waals surface area contributed by atoms with Gasteiger partial charge in [-0.05, 0) is 49.4 Å². The third-order valence-electron chi connectivity index (χ3n) is 3.68. The lowest BCUT2D eigenvalue weighted by atomic mass is 9.98. The van der Waals surface area contributed by atoms with Crippen molar-refractivity contribution in [2.45, 2.75) is 39.2 Å². The molecule has 3 nitrogen and oxygen atoms in total. The van der Waals surface area contributed by atoms with E-state index in [-0.39, 0.29) is 0 Å². The van der Waals surface area contributed by atoms with Gasteiger partial charge in [0, 0.05) is 12.2 Å². The minimum Gasteiger partial charge on any atom is -0.383 e. The molecule has 0 saturated carbocycles. The van der Waals surface area contributed by atoms with Crippen LogP contribution in [0.25, 0.3) is 0 Å². The summed E-state index contributed by atoms with van der Waals surface area (Å²) in [5.74, 6) is 0.655. The van der Waals surface area contributed by atoms with Crippen LogP contribution in [0.1, 0.15) is 42.5 Å². The zero-order valence-corrected chi connectivity index (χ0v) is 13.0. The van der Waals surface area contributed by atoms with Crippen LogP contribution >= 0.6 is 0 Å². The highest BCUT2D eigenvalue weighted by molar-refractivity contribution is 5.40. The van der Waals surface area contributed by atoms with E-state index in [1.54, 1.807) is 0 Å². The number of hydrogen-bond donors (Lipinski definition) is 2. The highest BCUT2D eigenvalue weighted by Gasteiger charge is 2.11. The molecule has 2 aromatic rings. The van der Waals surface area contributed by atoms with E-state index in [4.69, 9.17) is 5.73 Å². The maximum Gasteiger partial charge on any atom is 0.126 e. The number of anilines is 1. The highest BCUT2D eigenvalue weighted by Crippen LogP contribution is 2.21. The number of pyridine rings is 1. The number of rotatable bonds is 7. The third kappa shape index (κ3) is 4.57. The topological polar surface area (TPSA) is 50.9 Å². The summed E-state index contributed by atoms with van der Waals surface area (Å²) in [4.78, 5) is 4.25. The van der Waals surface area contributed by atoms with Crippen molar-refractivity contribution in [3.63, 3.8) is 0 Å². The van der Waals surface area contributed by atoms with E-state index in [9.17, 15) is 0 Å². The van der Waals surface area contributed by atoms with Crippen molar-refractivity contribution in [2.75, 3.05) is 12.3 Å². The molecule has 1 unspecified atom stereocenters. The Morgan fingerprint density at radius 1 is 1.24 bits per heavy atom. The lowest BCUT2D eigenvalue weighted by Gasteiger charge is -2.19. The van der Waals surface area contributed by atoms with Gasteiger partial charge in [0.1, 0.15) is 5.82 Å². The van der Waals surface area contributed by atoms with Gasteiger partial charge in [-0.2, -0.15) is 0 Å². The Hall–Kier alpha value is -1.87. The Bertz CT molecular complexity index is 552. The van der Waals surface area contributed by atoms with Crippen LogP contribution in [0.3, 0.4) is 0 Å². The predicted octanol–water partition coefficient (Wildman–Crippen LogP) is 3.65. The highest BCUT2D eigenvalue weighted by atomic mass is 14.9. The minimum absolute atomic E-state index is 0.367. The van der Waals surface area contributed by atoms with Crippen LogP contribution in [-0.2, 0) is 6.42 Å². The molecular weight excluding hydrogens is 258 g/mol. The number of nitrogens with one attached hydrogen (secondary N) is 1. The van der Waals surface area contributed by atoms with Crippen molar-refractivity contribution in [3.05, 3.63) is 59.3 Å². The molecule has 0 fully saturated rings. The second kappa shape index (κ2) is 7.79. The molecule has 1 aromatic carbocycles. The summed E-state index contributed by atoms with van der Waals surface area (Å²) in [7, 11) is 0. The predicted molar refractivity (Wildman–Crippen MR) is 89.2 cm³/mol. The first-order valence-electron chi connectivity index (χ1n) is 7.70. The molecule has 0 bridgehead atoms. The van der Waals surface area contributed by atoms with Crippen LogP contribution in [0.2, 0.25) is 0 Å². The van der Waals surface area contributed by atoms with Crippen LogP contribution in [0, 0.1) is 6.92 Å². The summed E-state index contributed by atoms with van der Waals surface area (Å²) >= 11 is 0. The van der Waals surface area contributed by atoms with E-state index < -0.39 is 0 Å². The van der Waals surface area contributed by atoms with E-state index in [0.29, 0.717) is 11.9 Å². The third-order valence-corrected chi connectivity index (χ3v) is 3.68. The minimum atomic E-state index is 0.367. The SMILES string of the molecule is CCCNC(CCc1cc(C)cnc1N)c1ccccc1. The lowest BCUT2D eigenvalue weighted by molar-refractivity contribution is 0.499. The smallest absolute Gasteiger partial charge is 0.126 e. The molecule has 2 rings (SSSR count). The molecule has 0 spiro atoms. The molecule has 112 valence electrons. The molecule has 0 aliphatic rings. The van der Waals surface area contributed by atoms with E-state index in [1.165, 1.54) is 5.56 Å². The molecule has 1 aromatic heterocycles. The van der Waals surface area contributed by atoms with Gasteiger partial charge < -0.3 is 11.1 Å². The summed E-state index contributed by atoms with van der Waals surface area (Å²) in [6.45, 7) is 5.28. The average molecular weight is 283 g/mol. The normalized spacial score (nSPS) is 12.3. The fraction of sp³-hybridized carbons (Fsp3) is 0.389. The number of benzene rings is 1. The number of nitrogens with two attached hydrogens (primary N) is 1. The van der Waals surface area contributed by atoms with E-state index in [2.05, 4.69) is 60.5 Å². The van der Waals surface area contributed by atoms with Gasteiger partial charge in [0.15, 0.2) is 0 Å². The van der Waals surface area contributed by atoms with Crippen molar-refractivity contribution in [2.24, 2.45) is 0 Å². The molecule has 0 saturated heterocycles. The van der Waals surface area contributed by atoms with Gasteiger partial charge in [-0.25, -0.2) is 4.98 Å².